The van der Waals surface area contributed by atoms with Crippen LogP contribution in [0.5, 0.6) is 11.6 Å². The number of hydrogen-bond acceptors (Lipinski definition) is 6. The highest BCUT2D eigenvalue weighted by Crippen LogP contribution is 2.21. The molecule has 2 aromatic rings. The Hall–Kier alpha value is -2.90. The van der Waals surface area contributed by atoms with Crippen LogP contribution in [0.15, 0.2) is 30.3 Å². The Bertz CT molecular complexity index is 795. The topological polar surface area (TPSA) is 76.6 Å². The van der Waals surface area contributed by atoms with E-state index in [1.165, 1.54) is 37.1 Å². The van der Waals surface area contributed by atoms with Gasteiger partial charge in [0.25, 0.3) is 5.91 Å². The SMILES string of the molecule is Cc1nc(OCCNC(=O)C(C)Oc2ccc(F)cc2)cc(N2CCCC2)n1. The van der Waals surface area contributed by atoms with Crippen LogP contribution in [-0.4, -0.2) is 48.2 Å². The van der Waals surface area contributed by atoms with Gasteiger partial charge in [-0.15, -0.1) is 0 Å². The lowest BCUT2D eigenvalue weighted by molar-refractivity contribution is -0.127. The highest BCUT2D eigenvalue weighted by molar-refractivity contribution is 5.80. The van der Waals surface area contributed by atoms with Gasteiger partial charge in [0.1, 0.15) is 29.8 Å². The molecule has 0 radical (unpaired) electrons. The lowest BCUT2D eigenvalue weighted by atomic mass is 10.3. The minimum Gasteiger partial charge on any atom is -0.481 e. The van der Waals surface area contributed by atoms with Crippen LogP contribution in [0.25, 0.3) is 0 Å². The maximum absolute atomic E-state index is 12.9. The molecule has 0 spiro atoms. The van der Waals surface area contributed by atoms with Crippen LogP contribution in [0, 0.1) is 12.7 Å². The average molecular weight is 388 g/mol. The molecule has 7 nitrogen and oxygen atoms in total. The van der Waals surface area contributed by atoms with Gasteiger partial charge in [-0.05, 0) is 51.0 Å². The van der Waals surface area contributed by atoms with Gasteiger partial charge in [-0.25, -0.2) is 9.37 Å². The summed E-state index contributed by atoms with van der Waals surface area (Å²) in [5.74, 6) is 1.85. The second-order valence-electron chi connectivity index (χ2n) is 6.66. The lowest BCUT2D eigenvalue weighted by Gasteiger charge is -2.18. The summed E-state index contributed by atoms with van der Waals surface area (Å²) in [6.45, 7) is 6.07. The van der Waals surface area contributed by atoms with Crippen LogP contribution >= 0.6 is 0 Å². The fraction of sp³-hybridized carbons (Fsp3) is 0.450. The normalized spacial score (nSPS) is 14.6. The Balaban J connectivity index is 1.43. The third-order valence-corrected chi connectivity index (χ3v) is 4.38. The van der Waals surface area contributed by atoms with Crippen molar-refractivity contribution in [1.82, 2.24) is 15.3 Å². The average Bonchev–Trinajstić information content (AvgIpc) is 3.21. The van der Waals surface area contributed by atoms with Crippen molar-refractivity contribution in [2.45, 2.75) is 32.8 Å². The number of hydrogen-bond donors (Lipinski definition) is 1. The zero-order valence-corrected chi connectivity index (χ0v) is 16.2. The Morgan fingerprint density at radius 3 is 2.68 bits per heavy atom. The maximum Gasteiger partial charge on any atom is 0.260 e. The summed E-state index contributed by atoms with van der Waals surface area (Å²) >= 11 is 0. The zero-order chi connectivity index (χ0) is 19.9. The predicted octanol–water partition coefficient (Wildman–Crippen LogP) is 2.49. The second-order valence-corrected chi connectivity index (χ2v) is 6.66. The second kappa shape index (κ2) is 9.34. The molecule has 2 heterocycles. The minimum atomic E-state index is -0.700. The minimum absolute atomic E-state index is 0.274. The van der Waals surface area contributed by atoms with Crippen molar-refractivity contribution >= 4 is 11.7 Å². The van der Waals surface area contributed by atoms with Gasteiger partial charge in [-0.2, -0.15) is 4.98 Å². The van der Waals surface area contributed by atoms with E-state index in [0.29, 0.717) is 24.0 Å². The third kappa shape index (κ3) is 5.55. The van der Waals surface area contributed by atoms with Gasteiger partial charge in [0.2, 0.25) is 5.88 Å². The van der Waals surface area contributed by atoms with E-state index < -0.39 is 6.10 Å². The third-order valence-electron chi connectivity index (χ3n) is 4.38. The van der Waals surface area contributed by atoms with Crippen molar-refractivity contribution in [2.24, 2.45) is 0 Å². The molecule has 3 rings (SSSR count). The van der Waals surface area contributed by atoms with Gasteiger partial charge in [0.05, 0.1) is 6.54 Å². The molecule has 150 valence electrons. The molecule has 1 amide bonds. The molecule has 1 aromatic carbocycles. The molecule has 0 aliphatic carbocycles. The highest BCUT2D eigenvalue weighted by Gasteiger charge is 2.16. The van der Waals surface area contributed by atoms with E-state index in [1.807, 2.05) is 13.0 Å². The van der Waals surface area contributed by atoms with Crippen LogP contribution in [-0.2, 0) is 4.79 Å². The van der Waals surface area contributed by atoms with Gasteiger partial charge in [0.15, 0.2) is 6.10 Å². The van der Waals surface area contributed by atoms with Gasteiger partial charge >= 0.3 is 0 Å². The molecule has 28 heavy (non-hydrogen) atoms. The van der Waals surface area contributed by atoms with Crippen molar-refractivity contribution in [3.63, 3.8) is 0 Å². The molecular formula is C20H25FN4O3. The summed E-state index contributed by atoms with van der Waals surface area (Å²) < 4.78 is 24.1. The first-order chi connectivity index (χ1) is 13.5. The first-order valence-corrected chi connectivity index (χ1v) is 9.44. The van der Waals surface area contributed by atoms with E-state index in [1.54, 1.807) is 6.92 Å². The monoisotopic (exact) mass is 388 g/mol. The van der Waals surface area contributed by atoms with E-state index in [4.69, 9.17) is 9.47 Å². The van der Waals surface area contributed by atoms with Gasteiger partial charge < -0.3 is 19.7 Å². The number of aromatic nitrogens is 2. The Labute approximate surface area is 163 Å². The predicted molar refractivity (Wildman–Crippen MR) is 103 cm³/mol. The molecule has 8 heteroatoms. The van der Waals surface area contributed by atoms with Crippen LogP contribution in [0.1, 0.15) is 25.6 Å². The van der Waals surface area contributed by atoms with E-state index in [0.717, 1.165) is 18.9 Å². The number of amides is 1. The number of carbonyl (C=O) groups is 1. The number of nitrogens with one attached hydrogen (secondary N) is 1. The molecule has 1 unspecified atom stereocenters. The van der Waals surface area contributed by atoms with E-state index in [9.17, 15) is 9.18 Å². The number of carbonyl (C=O) groups excluding carboxylic acids is 1. The summed E-state index contributed by atoms with van der Waals surface area (Å²) in [5.41, 5.74) is 0. The van der Waals surface area contributed by atoms with E-state index in [2.05, 4.69) is 20.2 Å². The van der Waals surface area contributed by atoms with Gasteiger partial charge in [-0.1, -0.05) is 0 Å². The number of benzene rings is 1. The number of ether oxygens (including phenoxy) is 2. The fourth-order valence-electron chi connectivity index (χ4n) is 2.95. The number of rotatable bonds is 8. The molecule has 1 fully saturated rings. The van der Waals surface area contributed by atoms with Crippen LogP contribution < -0.4 is 19.7 Å². The number of aryl methyl sites for hydroxylation is 1. The van der Waals surface area contributed by atoms with Crippen LogP contribution in [0.4, 0.5) is 10.2 Å². The van der Waals surface area contributed by atoms with Gasteiger partial charge in [-0.3, -0.25) is 4.79 Å². The molecular weight excluding hydrogens is 363 g/mol. The van der Waals surface area contributed by atoms with Crippen LogP contribution in [0.2, 0.25) is 0 Å². The summed E-state index contributed by atoms with van der Waals surface area (Å²) in [6.07, 6.45) is 1.64. The van der Waals surface area contributed by atoms with E-state index >= 15 is 0 Å². The number of halogens is 1. The Kier molecular flexibility index (Phi) is 6.62. The summed E-state index contributed by atoms with van der Waals surface area (Å²) in [7, 11) is 0. The maximum atomic E-state index is 12.9. The Morgan fingerprint density at radius 1 is 1.25 bits per heavy atom. The molecule has 0 saturated carbocycles. The first-order valence-electron chi connectivity index (χ1n) is 9.44. The van der Waals surface area contributed by atoms with Gasteiger partial charge in [0, 0.05) is 19.2 Å². The largest absolute Gasteiger partial charge is 0.481 e. The van der Waals surface area contributed by atoms with Crippen molar-refractivity contribution in [1.29, 1.82) is 0 Å². The smallest absolute Gasteiger partial charge is 0.260 e. The molecule has 1 N–H and O–H groups in total. The van der Waals surface area contributed by atoms with Crippen molar-refractivity contribution < 1.29 is 18.7 Å². The molecule has 1 aliphatic heterocycles. The Morgan fingerprint density at radius 2 is 1.96 bits per heavy atom. The fourth-order valence-corrected chi connectivity index (χ4v) is 2.95. The van der Waals surface area contributed by atoms with Crippen molar-refractivity contribution in [2.75, 3.05) is 31.1 Å². The number of nitrogens with zero attached hydrogens (tertiary/aromatic N) is 3. The molecule has 1 atom stereocenters. The standard InChI is InChI=1S/C20H25FN4O3/c1-14(28-17-7-5-16(21)6-8-17)20(26)22-9-12-27-19-13-18(23-15(2)24-19)25-10-3-4-11-25/h5-8,13-14H,3-4,9-12H2,1-2H3,(H,22,26). The van der Waals surface area contributed by atoms with Crippen molar-refractivity contribution in [3.05, 3.63) is 42.0 Å². The summed E-state index contributed by atoms with van der Waals surface area (Å²) in [5, 5.41) is 2.75. The molecule has 0 bridgehead atoms. The molecule has 1 saturated heterocycles. The van der Waals surface area contributed by atoms with Crippen LogP contribution in [0.3, 0.4) is 0 Å². The van der Waals surface area contributed by atoms with E-state index in [-0.39, 0.29) is 18.3 Å². The first kappa shape index (κ1) is 19.9. The zero-order valence-electron chi connectivity index (χ0n) is 16.2. The number of anilines is 1. The van der Waals surface area contributed by atoms with Crippen molar-refractivity contribution in [3.8, 4) is 11.6 Å². The highest BCUT2D eigenvalue weighted by atomic mass is 19.1. The molecule has 1 aromatic heterocycles. The quantitative estimate of drug-likeness (QED) is 0.700. The summed E-state index contributed by atoms with van der Waals surface area (Å²) in [4.78, 5) is 23.1. The molecule has 1 aliphatic rings. The lowest BCUT2D eigenvalue weighted by Crippen LogP contribution is -2.38. The summed E-state index contributed by atoms with van der Waals surface area (Å²) in [6, 6.07) is 7.37.